The number of amides is 1. The Bertz CT molecular complexity index is 845. The lowest BCUT2D eigenvalue weighted by atomic mass is 10.1. The number of methoxy groups -OCH3 is 2. The van der Waals surface area contributed by atoms with Gasteiger partial charge in [-0.2, -0.15) is 4.37 Å². The number of hydrogen-bond acceptors (Lipinski definition) is 5. The Labute approximate surface area is 138 Å². The molecular formula is C17H16N2O3S. The molecule has 0 fully saturated rings. The molecule has 0 saturated heterocycles. The van der Waals surface area contributed by atoms with Crippen molar-refractivity contribution in [1.29, 1.82) is 0 Å². The second-order valence-corrected chi connectivity index (χ2v) is 5.83. The van der Waals surface area contributed by atoms with Gasteiger partial charge in [0.05, 0.1) is 25.3 Å². The van der Waals surface area contributed by atoms with Crippen molar-refractivity contribution in [3.05, 3.63) is 48.2 Å². The zero-order valence-electron chi connectivity index (χ0n) is 12.8. The first-order chi connectivity index (χ1) is 11.2. The molecule has 3 aromatic rings. The Hall–Kier alpha value is -2.60. The fraction of sp³-hybridized carbons (Fsp3) is 0.176. The molecule has 5 nitrogen and oxygen atoms in total. The van der Waals surface area contributed by atoms with Crippen molar-refractivity contribution in [1.82, 2.24) is 4.37 Å². The van der Waals surface area contributed by atoms with Crippen LogP contribution in [0.4, 0.5) is 5.69 Å². The molecule has 0 aliphatic carbocycles. The van der Waals surface area contributed by atoms with Crippen molar-refractivity contribution >= 4 is 33.2 Å². The Balaban J connectivity index is 1.71. The lowest BCUT2D eigenvalue weighted by Gasteiger charge is -2.10. The standard InChI is InChI=1S/C17H16N2O3S/c1-21-14-5-3-11(7-15(14)22-2)8-17(20)19-13-4-6-16-12(9-13)10-18-23-16/h3-7,9-10H,8H2,1-2H3,(H,19,20). The predicted molar refractivity (Wildman–Crippen MR) is 91.5 cm³/mol. The topological polar surface area (TPSA) is 60.5 Å². The summed E-state index contributed by atoms with van der Waals surface area (Å²) in [6.07, 6.45) is 2.06. The van der Waals surface area contributed by atoms with E-state index in [9.17, 15) is 4.79 Å². The van der Waals surface area contributed by atoms with Crippen LogP contribution in [0.15, 0.2) is 42.6 Å². The lowest BCUT2D eigenvalue weighted by Crippen LogP contribution is -2.14. The molecule has 1 amide bonds. The summed E-state index contributed by atoms with van der Waals surface area (Å²) in [5.41, 5.74) is 1.63. The van der Waals surface area contributed by atoms with Crippen LogP contribution in [-0.4, -0.2) is 24.5 Å². The second-order valence-electron chi connectivity index (χ2n) is 4.99. The Morgan fingerprint density at radius 3 is 2.74 bits per heavy atom. The minimum atomic E-state index is -0.0836. The van der Waals surface area contributed by atoms with Crippen LogP contribution in [0.5, 0.6) is 11.5 Å². The summed E-state index contributed by atoms with van der Waals surface area (Å²) in [5.74, 6) is 1.18. The van der Waals surface area contributed by atoms with Gasteiger partial charge >= 0.3 is 0 Å². The fourth-order valence-corrected chi connectivity index (χ4v) is 2.96. The fourth-order valence-electron chi connectivity index (χ4n) is 2.33. The van der Waals surface area contributed by atoms with E-state index in [0.29, 0.717) is 11.5 Å². The molecule has 23 heavy (non-hydrogen) atoms. The highest BCUT2D eigenvalue weighted by Gasteiger charge is 2.09. The van der Waals surface area contributed by atoms with E-state index in [1.165, 1.54) is 11.5 Å². The van der Waals surface area contributed by atoms with Gasteiger partial charge in [0.15, 0.2) is 11.5 Å². The van der Waals surface area contributed by atoms with Crippen LogP contribution in [0, 0.1) is 0 Å². The Morgan fingerprint density at radius 2 is 1.96 bits per heavy atom. The molecule has 0 radical (unpaired) electrons. The van der Waals surface area contributed by atoms with E-state index in [0.717, 1.165) is 21.3 Å². The van der Waals surface area contributed by atoms with Gasteiger partial charge in [-0.15, -0.1) is 0 Å². The lowest BCUT2D eigenvalue weighted by molar-refractivity contribution is -0.115. The van der Waals surface area contributed by atoms with Crippen molar-refractivity contribution < 1.29 is 14.3 Å². The quantitative estimate of drug-likeness (QED) is 0.779. The van der Waals surface area contributed by atoms with Crippen LogP contribution in [-0.2, 0) is 11.2 Å². The summed E-state index contributed by atoms with van der Waals surface area (Å²) < 4.78 is 15.7. The van der Waals surface area contributed by atoms with E-state index in [-0.39, 0.29) is 12.3 Å². The maximum atomic E-state index is 12.2. The molecule has 118 valence electrons. The van der Waals surface area contributed by atoms with Gasteiger partial charge < -0.3 is 14.8 Å². The normalized spacial score (nSPS) is 10.5. The second kappa shape index (κ2) is 6.66. The molecule has 1 aromatic heterocycles. The molecule has 3 rings (SSSR count). The van der Waals surface area contributed by atoms with Gasteiger partial charge in [-0.05, 0) is 47.4 Å². The Morgan fingerprint density at radius 1 is 1.13 bits per heavy atom. The van der Waals surface area contributed by atoms with Crippen LogP contribution in [0.25, 0.3) is 10.1 Å². The van der Waals surface area contributed by atoms with E-state index < -0.39 is 0 Å². The van der Waals surface area contributed by atoms with Crippen molar-refractivity contribution in [2.24, 2.45) is 0 Å². The van der Waals surface area contributed by atoms with E-state index in [4.69, 9.17) is 9.47 Å². The number of anilines is 1. The van der Waals surface area contributed by atoms with Gasteiger partial charge in [0.25, 0.3) is 0 Å². The van der Waals surface area contributed by atoms with Gasteiger partial charge in [0.2, 0.25) is 5.91 Å². The molecule has 2 aromatic carbocycles. The van der Waals surface area contributed by atoms with Crippen molar-refractivity contribution in [3.63, 3.8) is 0 Å². The van der Waals surface area contributed by atoms with E-state index >= 15 is 0 Å². The largest absolute Gasteiger partial charge is 0.493 e. The van der Waals surface area contributed by atoms with Crippen LogP contribution in [0.3, 0.4) is 0 Å². The zero-order valence-corrected chi connectivity index (χ0v) is 13.6. The number of nitrogens with zero attached hydrogens (tertiary/aromatic N) is 1. The summed E-state index contributed by atoms with van der Waals surface area (Å²) in [6, 6.07) is 11.2. The zero-order chi connectivity index (χ0) is 16.2. The summed E-state index contributed by atoms with van der Waals surface area (Å²) in [4.78, 5) is 12.2. The monoisotopic (exact) mass is 328 g/mol. The molecule has 0 atom stereocenters. The van der Waals surface area contributed by atoms with Gasteiger partial charge in [-0.25, -0.2) is 0 Å². The first-order valence-corrected chi connectivity index (χ1v) is 7.82. The number of hydrogen-bond donors (Lipinski definition) is 1. The molecule has 0 bridgehead atoms. The molecule has 0 spiro atoms. The first kappa shape index (κ1) is 15.3. The summed E-state index contributed by atoms with van der Waals surface area (Å²) in [6.45, 7) is 0. The average Bonchev–Trinajstić information content (AvgIpc) is 3.02. The van der Waals surface area contributed by atoms with Crippen molar-refractivity contribution in [3.8, 4) is 11.5 Å². The third-order valence-corrected chi connectivity index (χ3v) is 4.23. The number of carbonyl (C=O) groups excluding carboxylic acids is 1. The molecule has 1 N–H and O–H groups in total. The minimum Gasteiger partial charge on any atom is -0.493 e. The van der Waals surface area contributed by atoms with Crippen LogP contribution in [0.2, 0.25) is 0 Å². The van der Waals surface area contributed by atoms with Crippen molar-refractivity contribution in [2.45, 2.75) is 6.42 Å². The molecule has 6 heteroatoms. The summed E-state index contributed by atoms with van der Waals surface area (Å²) in [5, 5.41) is 3.93. The maximum Gasteiger partial charge on any atom is 0.228 e. The number of fused-ring (bicyclic) bond motifs is 1. The number of nitrogens with one attached hydrogen (secondary N) is 1. The highest BCUT2D eigenvalue weighted by atomic mass is 32.1. The number of benzene rings is 2. The number of ether oxygens (including phenoxy) is 2. The maximum absolute atomic E-state index is 12.2. The Kier molecular flexibility index (Phi) is 4.43. The van der Waals surface area contributed by atoms with Gasteiger partial charge in [-0.1, -0.05) is 6.07 Å². The summed E-state index contributed by atoms with van der Waals surface area (Å²) in [7, 11) is 3.16. The molecule has 0 saturated carbocycles. The third kappa shape index (κ3) is 3.43. The van der Waals surface area contributed by atoms with Crippen LogP contribution >= 0.6 is 11.5 Å². The SMILES string of the molecule is COc1ccc(CC(=O)Nc2ccc3sncc3c2)cc1OC. The minimum absolute atomic E-state index is 0.0836. The van der Waals surface area contributed by atoms with Crippen LogP contribution < -0.4 is 14.8 Å². The molecule has 0 unspecified atom stereocenters. The van der Waals surface area contributed by atoms with Gasteiger partial charge in [0.1, 0.15) is 0 Å². The van der Waals surface area contributed by atoms with Gasteiger partial charge in [0, 0.05) is 17.3 Å². The van der Waals surface area contributed by atoms with E-state index in [1.807, 2.05) is 30.3 Å². The predicted octanol–water partition coefficient (Wildman–Crippen LogP) is 3.49. The van der Waals surface area contributed by atoms with Crippen molar-refractivity contribution in [2.75, 3.05) is 19.5 Å². The molecule has 1 heterocycles. The highest BCUT2D eigenvalue weighted by Crippen LogP contribution is 2.28. The van der Waals surface area contributed by atoms with Gasteiger partial charge in [-0.3, -0.25) is 4.79 Å². The van der Waals surface area contributed by atoms with E-state index in [1.54, 1.807) is 26.5 Å². The third-order valence-electron chi connectivity index (χ3n) is 3.45. The smallest absolute Gasteiger partial charge is 0.228 e. The first-order valence-electron chi connectivity index (χ1n) is 7.05. The number of aromatic nitrogens is 1. The number of carbonyl (C=O) groups is 1. The highest BCUT2D eigenvalue weighted by molar-refractivity contribution is 7.13. The molecular weight excluding hydrogens is 312 g/mol. The summed E-state index contributed by atoms with van der Waals surface area (Å²) >= 11 is 1.44. The molecule has 0 aliphatic heterocycles. The average molecular weight is 328 g/mol. The van der Waals surface area contributed by atoms with E-state index in [2.05, 4.69) is 9.69 Å². The number of rotatable bonds is 5. The van der Waals surface area contributed by atoms with Crippen LogP contribution in [0.1, 0.15) is 5.56 Å². The molecule has 0 aliphatic rings.